The molecule has 0 bridgehead atoms. The van der Waals surface area contributed by atoms with Gasteiger partial charge in [0.1, 0.15) is 35.5 Å². The van der Waals surface area contributed by atoms with Crippen LogP contribution in [0.2, 0.25) is 0 Å². The van der Waals surface area contributed by atoms with Crippen LogP contribution in [0.25, 0.3) is 11.2 Å². The fourth-order valence-electron chi connectivity index (χ4n) is 7.20. The summed E-state index contributed by atoms with van der Waals surface area (Å²) in [6.07, 6.45) is -3.26. The summed E-state index contributed by atoms with van der Waals surface area (Å²) in [5, 5.41) is 69.8. The summed E-state index contributed by atoms with van der Waals surface area (Å²) in [6.45, 7) is 0.634. The molecule has 0 unspecified atom stereocenters. The molecule has 2 aliphatic heterocycles. The number of benzene rings is 3. The van der Waals surface area contributed by atoms with E-state index in [-0.39, 0.29) is 57.9 Å². The van der Waals surface area contributed by atoms with Crippen molar-refractivity contribution in [2.75, 3.05) is 35.2 Å². The number of rotatable bonds is 12. The number of fused-ring (bicyclic) bond motifs is 1. The number of aliphatic hydroxyl groups is 3. The highest BCUT2D eigenvalue weighted by molar-refractivity contribution is 7.89. The second kappa shape index (κ2) is 16.1. The molecule has 10 N–H and O–H groups in total. The number of anilines is 3. The molecule has 0 aliphatic carbocycles. The molecule has 2 amide bonds. The van der Waals surface area contributed by atoms with Crippen LogP contribution in [-0.4, -0.2) is 103 Å². The van der Waals surface area contributed by atoms with Crippen LogP contribution in [0.3, 0.4) is 0 Å². The van der Waals surface area contributed by atoms with Crippen LogP contribution in [0.1, 0.15) is 47.3 Å². The minimum absolute atomic E-state index is 0.0882. The van der Waals surface area contributed by atoms with Crippen molar-refractivity contribution in [2.45, 2.75) is 54.4 Å². The highest BCUT2D eigenvalue weighted by Crippen LogP contribution is 2.41. The Morgan fingerprint density at radius 1 is 0.949 bits per heavy atom. The lowest BCUT2D eigenvalue weighted by atomic mass is 9.91. The van der Waals surface area contributed by atoms with Crippen LogP contribution in [0.4, 0.5) is 22.2 Å². The summed E-state index contributed by atoms with van der Waals surface area (Å²) in [6, 6.07) is 19.6. The summed E-state index contributed by atoms with van der Waals surface area (Å²) in [7, 11) is -3.89. The number of nitrogens with two attached hydrogens (primary N) is 1. The van der Waals surface area contributed by atoms with E-state index in [0.29, 0.717) is 36.5 Å². The first-order valence-corrected chi connectivity index (χ1v) is 20.0. The Bertz CT molecular complexity index is 2510. The Labute approximate surface area is 336 Å². The van der Waals surface area contributed by atoms with E-state index < -0.39 is 47.2 Å². The van der Waals surface area contributed by atoms with Gasteiger partial charge in [0, 0.05) is 43.3 Å². The van der Waals surface area contributed by atoms with Crippen molar-refractivity contribution in [2.24, 2.45) is 5.14 Å². The monoisotopic (exact) mass is 828 g/mol. The Hall–Kier alpha value is -6.36. The lowest BCUT2D eigenvalue weighted by Gasteiger charge is -2.22. The molecule has 308 valence electrons. The van der Waals surface area contributed by atoms with Gasteiger partial charge in [0.2, 0.25) is 16.0 Å². The van der Waals surface area contributed by atoms with Gasteiger partial charge in [0.05, 0.1) is 17.8 Å². The van der Waals surface area contributed by atoms with Crippen molar-refractivity contribution < 1.29 is 48.0 Å². The van der Waals surface area contributed by atoms with E-state index in [2.05, 4.69) is 26.1 Å². The minimum Gasteiger partial charge on any atom is -0.508 e. The molecule has 59 heavy (non-hydrogen) atoms. The SMILES string of the molecule is NS(=O)(=O)c1ccc(NC(=O)N[C@@H]2CCN(c3nc(NCC(c4ccc(O)cc4)c4ccc(O)cc4)c4ncn([C@@H]5O[C@H](c6cc(CO)no6)[C@@H](O)[C@H]5O)c4n3)C2)cc1. The number of phenols is 2. The van der Waals surface area contributed by atoms with Gasteiger partial charge in [-0.15, -0.1) is 0 Å². The first-order chi connectivity index (χ1) is 28.3. The number of sulfonamides is 1. The maximum Gasteiger partial charge on any atom is 0.319 e. The molecular weight excluding hydrogens is 789 g/mol. The summed E-state index contributed by atoms with van der Waals surface area (Å²) < 4.78 is 36.1. The second-order valence-electron chi connectivity index (χ2n) is 14.2. The molecule has 5 atom stereocenters. The van der Waals surface area contributed by atoms with Crippen LogP contribution in [0, 0.1) is 0 Å². The Morgan fingerprint density at radius 2 is 1.63 bits per heavy atom. The molecule has 6 aromatic rings. The zero-order chi connectivity index (χ0) is 41.4. The van der Waals surface area contributed by atoms with E-state index in [9.17, 15) is 38.7 Å². The number of carbonyl (C=O) groups excluding carboxylic acids is 1. The first kappa shape index (κ1) is 39.5. The van der Waals surface area contributed by atoms with Gasteiger partial charge in [0.25, 0.3) is 0 Å². The highest BCUT2D eigenvalue weighted by atomic mass is 32.2. The average Bonchev–Trinajstić information content (AvgIpc) is 4.03. The minimum atomic E-state index is -3.89. The number of urea groups is 1. The third kappa shape index (κ3) is 8.32. The van der Waals surface area contributed by atoms with Crippen molar-refractivity contribution in [1.82, 2.24) is 30.0 Å². The normalized spacial score (nSPS) is 20.7. The quantitative estimate of drug-likeness (QED) is 0.0852. The molecule has 5 heterocycles. The Balaban J connectivity index is 1.08. The number of aliphatic hydroxyl groups excluding tert-OH is 3. The molecule has 3 aromatic carbocycles. The standard InChI is InChI=1S/C38H40N10O10S/c39-59(55,56)27-11-5-22(6-12-27)42-38(54)43-23-13-14-47(17-23)37-44-34(40-16-28(20-1-7-25(50)8-2-20)21-3-9-26(51)10-4-21)30-35(45-37)48(19-41-30)36-32(53)31(52)33(57-36)29-15-24(18-49)46-58-29/h1-12,15,19,23,28,31-33,36,49-53H,13-14,16-18H2,(H2,39,55,56)(H,40,44,45)(H2,42,43,54)/t23-,31+,32-,33-,36-/m1/s1. The lowest BCUT2D eigenvalue weighted by molar-refractivity contribution is -0.0434. The van der Waals surface area contributed by atoms with Crippen molar-refractivity contribution >= 4 is 44.7 Å². The number of imidazole rings is 1. The van der Waals surface area contributed by atoms with Gasteiger partial charge in [-0.05, 0) is 66.1 Å². The predicted octanol–water partition coefficient (Wildman–Crippen LogP) is 2.00. The largest absolute Gasteiger partial charge is 0.508 e. The van der Waals surface area contributed by atoms with E-state index in [1.54, 1.807) is 48.5 Å². The average molecular weight is 829 g/mol. The van der Waals surface area contributed by atoms with Crippen molar-refractivity contribution in [3.05, 3.63) is 108 Å². The van der Waals surface area contributed by atoms with Crippen LogP contribution in [0.5, 0.6) is 11.5 Å². The number of ether oxygens (including phenoxy) is 1. The lowest BCUT2D eigenvalue weighted by Crippen LogP contribution is -2.40. The van der Waals surface area contributed by atoms with Gasteiger partial charge < -0.3 is 55.6 Å². The predicted molar refractivity (Wildman–Crippen MR) is 210 cm³/mol. The molecule has 2 aliphatic rings. The van der Waals surface area contributed by atoms with Gasteiger partial charge in [-0.3, -0.25) is 4.57 Å². The summed E-state index contributed by atoms with van der Waals surface area (Å²) in [5.74, 6) is 0.630. The van der Waals surface area contributed by atoms with E-state index in [1.165, 1.54) is 41.2 Å². The highest BCUT2D eigenvalue weighted by Gasteiger charge is 2.47. The number of nitrogens with zero attached hydrogens (tertiary/aromatic N) is 6. The molecule has 0 spiro atoms. The van der Waals surface area contributed by atoms with Crippen LogP contribution >= 0.6 is 0 Å². The number of aromatic nitrogens is 5. The van der Waals surface area contributed by atoms with Crippen LogP contribution in [-0.2, 0) is 21.4 Å². The number of amides is 2. The fraction of sp³-hybridized carbons (Fsp3) is 0.289. The van der Waals surface area contributed by atoms with Crippen LogP contribution < -0.4 is 26.0 Å². The zero-order valence-corrected chi connectivity index (χ0v) is 31.8. The van der Waals surface area contributed by atoms with Crippen molar-refractivity contribution in [3.8, 4) is 11.5 Å². The number of phenolic OH excluding ortho intramolecular Hbond substituents is 2. The van der Waals surface area contributed by atoms with E-state index in [4.69, 9.17) is 24.4 Å². The van der Waals surface area contributed by atoms with E-state index >= 15 is 0 Å². The number of hydrogen-bond donors (Lipinski definition) is 9. The molecular formula is C38H40N10O10S. The third-order valence-electron chi connectivity index (χ3n) is 10.3. The van der Waals surface area contributed by atoms with Crippen LogP contribution in [0.15, 0.2) is 94.6 Å². The molecule has 0 saturated carbocycles. The Kier molecular flexibility index (Phi) is 10.8. The third-order valence-corrected chi connectivity index (χ3v) is 11.2. The number of hydrogen-bond acceptors (Lipinski definition) is 16. The van der Waals surface area contributed by atoms with Gasteiger partial charge in [-0.1, -0.05) is 29.4 Å². The molecule has 20 nitrogen and oxygen atoms in total. The van der Waals surface area contributed by atoms with Crippen molar-refractivity contribution in [3.63, 3.8) is 0 Å². The summed E-state index contributed by atoms with van der Waals surface area (Å²) in [4.78, 5) is 29.1. The Morgan fingerprint density at radius 3 is 2.25 bits per heavy atom. The maximum absolute atomic E-state index is 13.0. The molecule has 8 rings (SSSR count). The van der Waals surface area contributed by atoms with Gasteiger partial charge in [-0.2, -0.15) is 9.97 Å². The van der Waals surface area contributed by atoms with Gasteiger partial charge in [-0.25, -0.2) is 23.3 Å². The number of nitrogens with one attached hydrogen (secondary N) is 3. The smallest absolute Gasteiger partial charge is 0.319 e. The van der Waals surface area contributed by atoms with E-state index in [1.807, 2.05) is 4.90 Å². The maximum atomic E-state index is 13.0. The topological polar surface area (TPSA) is 297 Å². The number of aromatic hydroxyl groups is 2. The van der Waals surface area contributed by atoms with E-state index in [0.717, 1.165) is 11.1 Å². The first-order valence-electron chi connectivity index (χ1n) is 18.4. The zero-order valence-electron chi connectivity index (χ0n) is 31.0. The fourth-order valence-corrected chi connectivity index (χ4v) is 7.71. The second-order valence-corrected chi connectivity index (χ2v) is 15.8. The molecule has 3 aromatic heterocycles. The summed E-state index contributed by atoms with van der Waals surface area (Å²) >= 11 is 0. The van der Waals surface area contributed by atoms with Crippen molar-refractivity contribution in [1.29, 1.82) is 0 Å². The molecule has 2 fully saturated rings. The molecule has 21 heteroatoms. The molecule has 0 radical (unpaired) electrons. The molecule has 2 saturated heterocycles. The van der Waals surface area contributed by atoms with Gasteiger partial charge in [0.15, 0.2) is 29.0 Å². The van der Waals surface area contributed by atoms with Gasteiger partial charge >= 0.3 is 6.03 Å². The number of primary sulfonamides is 1. The number of carbonyl (C=O) groups is 1. The summed E-state index contributed by atoms with van der Waals surface area (Å²) in [5.41, 5.74) is 2.89.